The van der Waals surface area contributed by atoms with Crippen LogP contribution in [0, 0.1) is 0 Å². The van der Waals surface area contributed by atoms with Crippen LogP contribution in [0.25, 0.3) is 10.7 Å². The van der Waals surface area contributed by atoms with Crippen LogP contribution in [0.4, 0.5) is 0 Å². The molecule has 3 nitrogen and oxygen atoms in total. The van der Waals surface area contributed by atoms with Crippen LogP contribution in [-0.4, -0.2) is 28.5 Å². The monoisotopic (exact) mass is 247 g/mol. The molecule has 0 N–H and O–H groups in total. The molecule has 90 valence electrons. The van der Waals surface area contributed by atoms with Gasteiger partial charge in [0.15, 0.2) is 0 Å². The molecular formula is C13H17N3S. The highest BCUT2D eigenvalue weighted by Gasteiger charge is 2.26. The summed E-state index contributed by atoms with van der Waals surface area (Å²) in [5.74, 6) is 1.14. The number of imidazole rings is 1. The summed E-state index contributed by atoms with van der Waals surface area (Å²) in [7, 11) is 4.20. The molecule has 0 aliphatic heterocycles. The first-order chi connectivity index (χ1) is 8.24. The van der Waals surface area contributed by atoms with E-state index in [9.17, 15) is 0 Å². The lowest BCUT2D eigenvalue weighted by Gasteiger charge is -2.06. The van der Waals surface area contributed by atoms with Crippen molar-refractivity contribution in [1.82, 2.24) is 14.5 Å². The van der Waals surface area contributed by atoms with Gasteiger partial charge in [-0.25, -0.2) is 4.98 Å². The Morgan fingerprint density at radius 3 is 3.00 bits per heavy atom. The molecule has 0 unspecified atom stereocenters. The molecule has 1 fully saturated rings. The van der Waals surface area contributed by atoms with Crippen molar-refractivity contribution in [2.45, 2.75) is 25.4 Å². The van der Waals surface area contributed by atoms with Gasteiger partial charge in [-0.15, -0.1) is 11.3 Å². The third kappa shape index (κ3) is 2.28. The largest absolute Gasteiger partial charge is 0.327 e. The average molecular weight is 247 g/mol. The lowest BCUT2D eigenvalue weighted by molar-refractivity contribution is 0.403. The minimum atomic E-state index is 0.701. The third-order valence-electron chi connectivity index (χ3n) is 2.98. The number of hydrogen-bond acceptors (Lipinski definition) is 3. The summed E-state index contributed by atoms with van der Waals surface area (Å²) in [5.41, 5.74) is 1.38. The van der Waals surface area contributed by atoms with E-state index in [4.69, 9.17) is 0 Å². The number of hydrogen-bond donors (Lipinski definition) is 0. The van der Waals surface area contributed by atoms with Gasteiger partial charge in [-0.2, -0.15) is 0 Å². The molecule has 0 radical (unpaired) electrons. The summed E-state index contributed by atoms with van der Waals surface area (Å²) >= 11 is 1.80. The van der Waals surface area contributed by atoms with Crippen molar-refractivity contribution in [3.05, 3.63) is 29.4 Å². The molecule has 2 aromatic heterocycles. The molecule has 0 amide bonds. The molecule has 2 heterocycles. The third-order valence-corrected chi connectivity index (χ3v) is 3.96. The van der Waals surface area contributed by atoms with E-state index in [2.05, 4.69) is 46.2 Å². The first-order valence-electron chi connectivity index (χ1n) is 5.99. The zero-order valence-electron chi connectivity index (χ0n) is 10.3. The zero-order chi connectivity index (χ0) is 11.8. The molecule has 0 bridgehead atoms. The van der Waals surface area contributed by atoms with Crippen LogP contribution < -0.4 is 0 Å². The first kappa shape index (κ1) is 11.0. The number of rotatable bonds is 4. The highest BCUT2D eigenvalue weighted by atomic mass is 32.1. The Morgan fingerprint density at radius 1 is 1.47 bits per heavy atom. The van der Waals surface area contributed by atoms with E-state index in [1.165, 1.54) is 23.3 Å². The van der Waals surface area contributed by atoms with Crippen LogP contribution in [0.15, 0.2) is 23.8 Å². The van der Waals surface area contributed by atoms with Crippen LogP contribution in [0.2, 0.25) is 0 Å². The normalized spacial score (nSPS) is 15.7. The average Bonchev–Trinajstić information content (AvgIpc) is 2.84. The summed E-state index contributed by atoms with van der Waals surface area (Å²) < 4.78 is 2.32. The van der Waals surface area contributed by atoms with Gasteiger partial charge < -0.3 is 9.47 Å². The summed E-state index contributed by atoms with van der Waals surface area (Å²) in [6, 6.07) is 2.97. The maximum absolute atomic E-state index is 4.50. The number of thiophene rings is 1. The van der Waals surface area contributed by atoms with Crippen molar-refractivity contribution in [2.75, 3.05) is 14.1 Å². The lowest BCUT2D eigenvalue weighted by Crippen LogP contribution is -2.09. The van der Waals surface area contributed by atoms with Gasteiger partial charge in [0.05, 0.1) is 4.88 Å². The van der Waals surface area contributed by atoms with Gasteiger partial charge in [0.2, 0.25) is 0 Å². The molecule has 1 aliphatic rings. The van der Waals surface area contributed by atoms with E-state index in [1.54, 1.807) is 11.3 Å². The Bertz CT molecular complexity index is 508. The summed E-state index contributed by atoms with van der Waals surface area (Å²) in [6.45, 7) is 1.00. The molecule has 4 heteroatoms. The Morgan fingerprint density at radius 2 is 2.29 bits per heavy atom. The summed E-state index contributed by atoms with van der Waals surface area (Å²) in [5, 5.41) is 2.24. The quantitative estimate of drug-likeness (QED) is 0.828. The van der Waals surface area contributed by atoms with Crippen molar-refractivity contribution < 1.29 is 0 Å². The first-order valence-corrected chi connectivity index (χ1v) is 6.87. The topological polar surface area (TPSA) is 21.1 Å². The smallest absolute Gasteiger partial charge is 0.150 e. The maximum Gasteiger partial charge on any atom is 0.150 e. The Balaban J connectivity index is 1.87. The Kier molecular flexibility index (Phi) is 2.76. The molecular weight excluding hydrogens is 230 g/mol. The van der Waals surface area contributed by atoms with Gasteiger partial charge >= 0.3 is 0 Å². The second-order valence-electron chi connectivity index (χ2n) is 4.95. The Labute approximate surface area is 106 Å². The van der Waals surface area contributed by atoms with Crippen LogP contribution >= 0.6 is 11.3 Å². The number of aromatic nitrogens is 2. The highest BCUT2D eigenvalue weighted by molar-refractivity contribution is 7.13. The molecule has 17 heavy (non-hydrogen) atoms. The van der Waals surface area contributed by atoms with E-state index in [0.717, 1.165) is 12.4 Å². The second-order valence-corrected chi connectivity index (χ2v) is 5.86. The maximum atomic E-state index is 4.50. The van der Waals surface area contributed by atoms with Gasteiger partial charge in [0, 0.05) is 25.0 Å². The molecule has 0 atom stereocenters. The SMILES string of the molecule is CN(C)Cc1csc(-c2nccn2C2CC2)c1. The zero-order valence-corrected chi connectivity index (χ0v) is 11.1. The van der Waals surface area contributed by atoms with Gasteiger partial charge in [0.25, 0.3) is 0 Å². The van der Waals surface area contributed by atoms with Gasteiger partial charge in [0.1, 0.15) is 5.82 Å². The van der Waals surface area contributed by atoms with Crippen molar-refractivity contribution in [1.29, 1.82) is 0 Å². The van der Waals surface area contributed by atoms with Crippen LogP contribution in [0.5, 0.6) is 0 Å². The molecule has 0 aromatic carbocycles. The lowest BCUT2D eigenvalue weighted by atomic mass is 10.3. The van der Waals surface area contributed by atoms with E-state index in [1.807, 2.05) is 6.20 Å². The predicted octanol–water partition coefficient (Wildman–Crippen LogP) is 3.01. The highest BCUT2D eigenvalue weighted by Crippen LogP contribution is 2.39. The van der Waals surface area contributed by atoms with E-state index < -0.39 is 0 Å². The molecule has 3 rings (SSSR count). The van der Waals surface area contributed by atoms with Crippen molar-refractivity contribution in [2.24, 2.45) is 0 Å². The van der Waals surface area contributed by atoms with Gasteiger partial charge in [-0.1, -0.05) is 0 Å². The summed E-state index contributed by atoms with van der Waals surface area (Å²) in [4.78, 5) is 7.98. The fourth-order valence-corrected chi connectivity index (χ4v) is 3.00. The van der Waals surface area contributed by atoms with Crippen LogP contribution in [-0.2, 0) is 6.54 Å². The van der Waals surface area contributed by atoms with Crippen LogP contribution in [0.3, 0.4) is 0 Å². The van der Waals surface area contributed by atoms with E-state index in [-0.39, 0.29) is 0 Å². The fourth-order valence-electron chi connectivity index (χ4n) is 2.09. The second kappa shape index (κ2) is 4.27. The van der Waals surface area contributed by atoms with Crippen molar-refractivity contribution in [3.63, 3.8) is 0 Å². The van der Waals surface area contributed by atoms with Gasteiger partial charge in [-0.3, -0.25) is 0 Å². The molecule has 0 spiro atoms. The number of nitrogens with zero attached hydrogens (tertiary/aromatic N) is 3. The van der Waals surface area contributed by atoms with Crippen molar-refractivity contribution in [3.8, 4) is 10.7 Å². The van der Waals surface area contributed by atoms with Gasteiger partial charge in [-0.05, 0) is 43.9 Å². The molecule has 1 aliphatic carbocycles. The van der Waals surface area contributed by atoms with Crippen LogP contribution in [0.1, 0.15) is 24.4 Å². The molecule has 2 aromatic rings. The van der Waals surface area contributed by atoms with E-state index >= 15 is 0 Å². The minimum absolute atomic E-state index is 0.701. The standard InChI is InChI=1S/C13H17N3S/c1-15(2)8-10-7-12(17-9-10)13-14-5-6-16(13)11-3-4-11/h5-7,9,11H,3-4,8H2,1-2H3. The molecule has 0 saturated heterocycles. The molecule has 1 saturated carbocycles. The predicted molar refractivity (Wildman–Crippen MR) is 71.2 cm³/mol. The Hall–Kier alpha value is -1.13. The van der Waals surface area contributed by atoms with Crippen molar-refractivity contribution >= 4 is 11.3 Å². The fraction of sp³-hybridized carbons (Fsp3) is 0.462. The minimum Gasteiger partial charge on any atom is -0.327 e. The summed E-state index contributed by atoms with van der Waals surface area (Å²) in [6.07, 6.45) is 6.63. The van der Waals surface area contributed by atoms with E-state index in [0.29, 0.717) is 6.04 Å².